The maximum absolute atomic E-state index is 1.83. The van der Waals surface area contributed by atoms with Crippen LogP contribution in [0.1, 0.15) is 193 Å². The summed E-state index contributed by atoms with van der Waals surface area (Å²) in [6.07, 6.45) is 48.1. The summed E-state index contributed by atoms with van der Waals surface area (Å²) in [6.45, 7) is 0. The minimum Gasteiger partial charge on any atom is -0.0959 e. The standard InChI is InChI=1S/C39H72P4/c1-7-19-34(20-8-1)41(35-21-9-2-10-22-35)31-40(32-42(36-23-11-3-12-24-36)37-25-13-4-14-26-37)33-43(38-27-15-5-16-28-38)39-29-17-6-18-30-39/h34-39H,1-33H2. The van der Waals surface area contributed by atoms with Crippen LogP contribution in [-0.2, 0) is 0 Å². The van der Waals surface area contributed by atoms with E-state index in [1.807, 2.05) is 17.7 Å². The molecule has 0 aromatic rings. The first kappa shape index (κ1) is 34.6. The number of rotatable bonds is 12. The molecule has 0 atom stereocenters. The summed E-state index contributed by atoms with van der Waals surface area (Å²) in [5.74, 6) is 5.49. The number of hydrogen-bond acceptors (Lipinski definition) is 0. The summed E-state index contributed by atoms with van der Waals surface area (Å²) in [6, 6.07) is 0. The van der Waals surface area contributed by atoms with Gasteiger partial charge in [0.15, 0.2) is 0 Å². The Kier molecular flexibility index (Phi) is 15.3. The predicted molar refractivity (Wildman–Crippen MR) is 204 cm³/mol. The van der Waals surface area contributed by atoms with Crippen LogP contribution >= 0.6 is 31.7 Å². The van der Waals surface area contributed by atoms with E-state index in [1.54, 1.807) is 193 Å². The molecule has 0 bridgehead atoms. The highest BCUT2D eigenvalue weighted by Crippen LogP contribution is 2.72. The zero-order valence-electron chi connectivity index (χ0n) is 28.6. The first-order valence-corrected chi connectivity index (χ1v) is 27.2. The fourth-order valence-corrected chi connectivity index (χ4v) is 33.4. The van der Waals surface area contributed by atoms with E-state index in [9.17, 15) is 0 Å². The largest absolute Gasteiger partial charge is 0.0959 e. The van der Waals surface area contributed by atoms with Crippen molar-refractivity contribution in [1.29, 1.82) is 0 Å². The molecule has 0 amide bonds. The summed E-state index contributed by atoms with van der Waals surface area (Å²) in [7, 11) is 1.11. The monoisotopic (exact) mass is 664 g/mol. The summed E-state index contributed by atoms with van der Waals surface area (Å²) in [5.41, 5.74) is 7.10. The third-order valence-corrected chi connectivity index (χ3v) is 30.8. The van der Waals surface area contributed by atoms with Crippen LogP contribution in [0.4, 0.5) is 0 Å². The minimum absolute atomic E-state index is 0.259. The van der Waals surface area contributed by atoms with Crippen LogP contribution in [0.25, 0.3) is 0 Å². The Morgan fingerprint density at radius 3 is 0.558 bits per heavy atom. The highest BCUT2D eigenvalue weighted by atomic mass is 31.2. The van der Waals surface area contributed by atoms with Crippen LogP contribution in [0.5, 0.6) is 0 Å². The zero-order chi connectivity index (χ0) is 29.1. The second-order valence-electron chi connectivity index (χ2n) is 16.4. The van der Waals surface area contributed by atoms with Crippen molar-refractivity contribution in [2.45, 2.75) is 227 Å². The van der Waals surface area contributed by atoms with Crippen LogP contribution in [0, 0.1) is 0 Å². The van der Waals surface area contributed by atoms with Gasteiger partial charge in [-0.1, -0.05) is 147 Å². The van der Waals surface area contributed by atoms with Gasteiger partial charge in [0.2, 0.25) is 0 Å². The van der Waals surface area contributed by atoms with E-state index in [2.05, 4.69) is 0 Å². The molecule has 0 N–H and O–H groups in total. The second kappa shape index (κ2) is 19.0. The third-order valence-electron chi connectivity index (χ3n) is 13.4. The van der Waals surface area contributed by atoms with Crippen LogP contribution in [-0.4, -0.2) is 51.7 Å². The maximum Gasteiger partial charge on any atom is -0.0109 e. The lowest BCUT2D eigenvalue weighted by Crippen LogP contribution is -2.25. The fourth-order valence-electron chi connectivity index (χ4n) is 10.9. The normalized spacial score (nSPS) is 27.6. The first-order valence-electron chi connectivity index (χ1n) is 20.3. The Bertz CT molecular complexity index is 582. The summed E-state index contributed by atoms with van der Waals surface area (Å²) in [4.78, 5) is 0. The van der Waals surface area contributed by atoms with Crippen LogP contribution in [0.3, 0.4) is 0 Å². The molecule has 0 nitrogen and oxygen atoms in total. The van der Waals surface area contributed by atoms with Crippen molar-refractivity contribution in [2.75, 3.05) is 17.7 Å². The molecule has 0 aromatic heterocycles. The Morgan fingerprint density at radius 2 is 0.395 bits per heavy atom. The van der Waals surface area contributed by atoms with Gasteiger partial charge in [-0.3, -0.25) is 0 Å². The second-order valence-corrected chi connectivity index (χ2v) is 28.6. The first-order chi connectivity index (χ1) is 21.3. The molecule has 6 fully saturated rings. The summed E-state index contributed by atoms with van der Waals surface area (Å²) >= 11 is 0. The molecule has 43 heavy (non-hydrogen) atoms. The summed E-state index contributed by atoms with van der Waals surface area (Å²) in [5, 5.41) is 0. The van der Waals surface area contributed by atoms with E-state index in [0.29, 0.717) is 0 Å². The van der Waals surface area contributed by atoms with E-state index in [1.165, 1.54) is 34.0 Å². The highest BCUT2D eigenvalue weighted by molar-refractivity contribution is 7.87. The van der Waals surface area contributed by atoms with Gasteiger partial charge < -0.3 is 0 Å². The van der Waals surface area contributed by atoms with E-state index >= 15 is 0 Å². The molecule has 6 aliphatic rings. The number of hydrogen-bond donors (Lipinski definition) is 0. The Balaban J connectivity index is 1.27. The van der Waals surface area contributed by atoms with Crippen molar-refractivity contribution in [2.24, 2.45) is 0 Å². The SMILES string of the molecule is C1CCC(P(CP(CP(C2CCCCC2)C2CCCCC2)CP(C2CCCCC2)C2CCCCC2)C2CCCCC2)CC1. The van der Waals surface area contributed by atoms with Gasteiger partial charge in [0.1, 0.15) is 0 Å². The zero-order valence-corrected chi connectivity index (χ0v) is 32.2. The molecule has 6 saturated carbocycles. The molecular weight excluding hydrogens is 592 g/mol. The Labute approximate surface area is 275 Å². The van der Waals surface area contributed by atoms with Gasteiger partial charge in [0.05, 0.1) is 0 Å². The molecule has 0 aliphatic heterocycles. The molecule has 6 rings (SSSR count). The predicted octanol–water partition coefficient (Wildman–Crippen LogP) is 14.8. The molecule has 4 heteroatoms. The average Bonchev–Trinajstić information content (AvgIpc) is 3.10. The molecule has 0 saturated heterocycles. The van der Waals surface area contributed by atoms with Crippen molar-refractivity contribution in [3.05, 3.63) is 0 Å². The van der Waals surface area contributed by atoms with Gasteiger partial charge >= 0.3 is 0 Å². The smallest absolute Gasteiger partial charge is 0.0109 e. The van der Waals surface area contributed by atoms with Crippen molar-refractivity contribution < 1.29 is 0 Å². The van der Waals surface area contributed by atoms with Crippen molar-refractivity contribution in [3.8, 4) is 0 Å². The van der Waals surface area contributed by atoms with Crippen LogP contribution in [0.2, 0.25) is 0 Å². The van der Waals surface area contributed by atoms with E-state index in [0.717, 1.165) is 0 Å². The molecule has 0 aromatic carbocycles. The molecule has 6 aliphatic carbocycles. The third kappa shape index (κ3) is 10.4. The highest BCUT2D eigenvalue weighted by Gasteiger charge is 2.39. The van der Waals surface area contributed by atoms with Gasteiger partial charge in [-0.25, -0.2) is 0 Å². The Morgan fingerprint density at radius 1 is 0.233 bits per heavy atom. The summed E-state index contributed by atoms with van der Waals surface area (Å²) < 4.78 is 0. The van der Waals surface area contributed by atoms with E-state index < -0.39 is 0 Å². The molecule has 0 heterocycles. The van der Waals surface area contributed by atoms with Crippen molar-refractivity contribution >= 4 is 31.7 Å². The van der Waals surface area contributed by atoms with E-state index in [-0.39, 0.29) is 31.7 Å². The Hall–Kier alpha value is 1.72. The minimum atomic E-state index is 0.259. The van der Waals surface area contributed by atoms with Crippen molar-refractivity contribution in [3.63, 3.8) is 0 Å². The van der Waals surface area contributed by atoms with E-state index in [4.69, 9.17) is 0 Å². The molecule has 0 spiro atoms. The molecule has 0 unspecified atom stereocenters. The topological polar surface area (TPSA) is 0 Å². The lowest BCUT2D eigenvalue weighted by Gasteiger charge is -2.46. The lowest BCUT2D eigenvalue weighted by atomic mass is 9.99. The molecular formula is C39H72P4. The molecule has 0 radical (unpaired) electrons. The fraction of sp³-hybridized carbons (Fsp3) is 1.00. The lowest BCUT2D eigenvalue weighted by molar-refractivity contribution is 0.484. The van der Waals surface area contributed by atoms with Crippen molar-refractivity contribution in [1.82, 2.24) is 0 Å². The quantitative estimate of drug-likeness (QED) is 0.182. The van der Waals surface area contributed by atoms with Gasteiger partial charge in [0.25, 0.3) is 0 Å². The molecule has 248 valence electrons. The maximum atomic E-state index is 1.83. The van der Waals surface area contributed by atoms with Gasteiger partial charge in [0, 0.05) is 0 Å². The van der Waals surface area contributed by atoms with Gasteiger partial charge in [-0.05, 0) is 129 Å². The van der Waals surface area contributed by atoms with Crippen LogP contribution in [0.15, 0.2) is 0 Å². The van der Waals surface area contributed by atoms with Crippen LogP contribution < -0.4 is 0 Å². The van der Waals surface area contributed by atoms with Gasteiger partial charge in [-0.15, -0.1) is 0 Å². The average molecular weight is 665 g/mol. The van der Waals surface area contributed by atoms with Gasteiger partial charge in [-0.2, -0.15) is 0 Å².